The Morgan fingerprint density at radius 2 is 1.56 bits per heavy atom. The van der Waals surface area contributed by atoms with Crippen molar-refractivity contribution in [2.75, 3.05) is 20.8 Å². The number of aliphatic hydroxyl groups excluding tert-OH is 1. The highest BCUT2D eigenvalue weighted by molar-refractivity contribution is 6.39. The lowest BCUT2D eigenvalue weighted by atomic mass is 9.80. The first kappa shape index (κ1) is 53.1. The molecular weight excluding hydrogens is 865 g/mol. The normalized spacial score (nSPS) is 35.4. The van der Waals surface area contributed by atoms with Crippen molar-refractivity contribution in [3.05, 3.63) is 89.5 Å². The molecule has 3 fully saturated rings. The van der Waals surface area contributed by atoms with Crippen molar-refractivity contribution >= 4 is 23.4 Å². The minimum absolute atomic E-state index is 0.0242. The van der Waals surface area contributed by atoms with Crippen LogP contribution in [-0.4, -0.2) is 114 Å². The van der Waals surface area contributed by atoms with Crippen LogP contribution in [0.4, 0.5) is 0 Å². The highest BCUT2D eigenvalue weighted by Gasteiger charge is 2.56. The van der Waals surface area contributed by atoms with E-state index in [9.17, 15) is 29.4 Å². The van der Waals surface area contributed by atoms with Gasteiger partial charge in [0.05, 0.1) is 18.3 Å². The molecule has 1 aliphatic carbocycles. The van der Waals surface area contributed by atoms with Gasteiger partial charge in [0.1, 0.15) is 35.9 Å². The fourth-order valence-corrected chi connectivity index (χ4v) is 11.0. The molecule has 2 bridgehead atoms. The van der Waals surface area contributed by atoms with Crippen molar-refractivity contribution in [1.29, 1.82) is 0 Å². The molecule has 3 N–H and O–H groups in total. The first-order valence-corrected chi connectivity index (χ1v) is 25.1. The number of rotatable bonds is 10. The maximum Gasteiger partial charge on any atom is 0.329 e. The zero-order chi connectivity index (χ0) is 49.1. The number of piperidine rings is 1. The third-order valence-electron chi connectivity index (χ3n) is 15.1. The highest BCUT2D eigenvalue weighted by atomic mass is 16.7. The minimum atomic E-state index is -2.51. The molecule has 6 rings (SSSR count). The molecule has 13 nitrogen and oxygen atoms in total. The Balaban J connectivity index is 1.32. The van der Waals surface area contributed by atoms with E-state index in [1.807, 2.05) is 75.4 Å². The van der Waals surface area contributed by atoms with Crippen LogP contribution in [0, 0.1) is 29.6 Å². The first-order chi connectivity index (χ1) is 32.6. The number of fused-ring (bicyclic) bond motifs is 3. The van der Waals surface area contributed by atoms with Gasteiger partial charge in [-0.3, -0.25) is 14.4 Å². The highest BCUT2D eigenvalue weighted by Crippen LogP contribution is 2.39. The van der Waals surface area contributed by atoms with Crippen LogP contribution in [0.2, 0.25) is 0 Å². The van der Waals surface area contributed by atoms with Crippen LogP contribution in [0.25, 0.3) is 0 Å². The molecule has 3 aliphatic heterocycles. The van der Waals surface area contributed by atoms with Crippen LogP contribution < -0.4 is 10.1 Å². The van der Waals surface area contributed by atoms with Gasteiger partial charge >= 0.3 is 5.97 Å². The van der Waals surface area contributed by atoms with E-state index < -0.39 is 77.8 Å². The number of carbonyl (C=O) groups is 4. The number of methoxy groups -OCH3 is 2. The van der Waals surface area contributed by atoms with Crippen molar-refractivity contribution < 1.29 is 53.1 Å². The Kier molecular flexibility index (Phi) is 19.2. The van der Waals surface area contributed by atoms with E-state index >= 15 is 0 Å². The molecule has 374 valence electrons. The predicted molar refractivity (Wildman–Crippen MR) is 259 cm³/mol. The van der Waals surface area contributed by atoms with E-state index in [2.05, 4.69) is 30.4 Å². The molecule has 1 saturated carbocycles. The van der Waals surface area contributed by atoms with Crippen molar-refractivity contribution in [2.24, 2.45) is 29.6 Å². The molecule has 1 amide bonds. The number of ketones is 2. The Bertz CT molecular complexity index is 2040. The molecule has 68 heavy (non-hydrogen) atoms. The fraction of sp³-hybridized carbons (Fsp3) is 0.636. The molecule has 0 radical (unpaired) electrons. The summed E-state index contributed by atoms with van der Waals surface area (Å²) in [5.41, 5.74) is 2.89. The molecule has 2 aromatic rings. The molecule has 0 spiro atoms. The van der Waals surface area contributed by atoms with Crippen LogP contribution in [0.3, 0.4) is 0 Å². The van der Waals surface area contributed by atoms with E-state index in [0.29, 0.717) is 50.6 Å². The number of hydrogen-bond donors (Lipinski definition) is 3. The SMILES string of the molecule is CCC1C=C(C)CC(C)CC(OC)C2OC(O)(C(=O)C(=O)N3CCCCC3C(=O)OC(C(C)=CC3CCC(NCc4ccccc4)C(Oc4ccccc4)C3)C(C)C(O)CC1=O)C(C)CC2OC. The Labute approximate surface area is 404 Å². The van der Waals surface area contributed by atoms with Crippen LogP contribution in [0.5, 0.6) is 5.75 Å². The molecular formula is C55H78N2O11. The smallest absolute Gasteiger partial charge is 0.329 e. The summed E-state index contributed by atoms with van der Waals surface area (Å²) in [6.45, 7) is 12.1. The number of ether oxygens (including phenoxy) is 5. The quantitative estimate of drug-likeness (QED) is 0.121. The number of benzene rings is 2. The second kappa shape index (κ2) is 24.5. The number of hydrogen-bond acceptors (Lipinski definition) is 12. The average Bonchev–Trinajstić information content (AvgIpc) is 3.34. The second-order valence-corrected chi connectivity index (χ2v) is 20.3. The molecule has 14 atom stereocenters. The number of esters is 1. The topological polar surface area (TPSA) is 170 Å². The molecule has 13 heteroatoms. The lowest BCUT2D eigenvalue weighted by Crippen LogP contribution is -2.64. The van der Waals surface area contributed by atoms with Crippen molar-refractivity contribution in [1.82, 2.24) is 10.2 Å². The second-order valence-electron chi connectivity index (χ2n) is 20.3. The molecule has 2 saturated heterocycles. The predicted octanol–water partition coefficient (Wildman–Crippen LogP) is 7.70. The van der Waals surface area contributed by atoms with Crippen LogP contribution in [-0.2, 0) is 44.7 Å². The Hall–Kier alpha value is -4.24. The van der Waals surface area contributed by atoms with Gasteiger partial charge in [-0.05, 0) is 113 Å². The van der Waals surface area contributed by atoms with Gasteiger partial charge in [-0.25, -0.2) is 4.79 Å². The van der Waals surface area contributed by atoms with E-state index in [1.165, 1.54) is 10.5 Å². The van der Waals surface area contributed by atoms with Crippen LogP contribution in [0.1, 0.15) is 118 Å². The number of amides is 1. The van der Waals surface area contributed by atoms with E-state index in [1.54, 1.807) is 28.1 Å². The number of aliphatic hydroxyl groups is 2. The third-order valence-corrected chi connectivity index (χ3v) is 15.1. The van der Waals surface area contributed by atoms with Gasteiger partial charge in [0.15, 0.2) is 0 Å². The van der Waals surface area contributed by atoms with Crippen LogP contribution >= 0.6 is 0 Å². The van der Waals surface area contributed by atoms with Gasteiger partial charge in [0.25, 0.3) is 11.7 Å². The summed E-state index contributed by atoms with van der Waals surface area (Å²) in [4.78, 5) is 58.8. The summed E-state index contributed by atoms with van der Waals surface area (Å²) in [5, 5.41) is 27.9. The van der Waals surface area contributed by atoms with E-state index in [4.69, 9.17) is 23.7 Å². The first-order valence-electron chi connectivity index (χ1n) is 25.1. The molecule has 0 aromatic heterocycles. The van der Waals surface area contributed by atoms with Gasteiger partial charge in [-0.2, -0.15) is 0 Å². The summed E-state index contributed by atoms with van der Waals surface area (Å²) in [6.07, 6.45) is 5.14. The van der Waals surface area contributed by atoms with Crippen molar-refractivity contribution in [3.63, 3.8) is 0 Å². The zero-order valence-corrected chi connectivity index (χ0v) is 41.6. The number of nitrogens with zero attached hydrogens (tertiary/aromatic N) is 1. The Morgan fingerprint density at radius 1 is 0.882 bits per heavy atom. The zero-order valence-electron chi connectivity index (χ0n) is 41.6. The van der Waals surface area contributed by atoms with Gasteiger partial charge in [0, 0.05) is 57.5 Å². The number of nitrogens with one attached hydrogen (secondary N) is 1. The van der Waals surface area contributed by atoms with Crippen molar-refractivity contribution in [3.8, 4) is 5.75 Å². The average molecular weight is 943 g/mol. The Morgan fingerprint density at radius 3 is 2.24 bits per heavy atom. The monoisotopic (exact) mass is 943 g/mol. The van der Waals surface area contributed by atoms with Gasteiger partial charge in [0.2, 0.25) is 5.79 Å². The summed E-state index contributed by atoms with van der Waals surface area (Å²) in [6, 6.07) is 19.0. The largest absolute Gasteiger partial charge is 0.489 e. The summed E-state index contributed by atoms with van der Waals surface area (Å²) in [5.74, 6) is -6.68. The molecule has 14 unspecified atom stereocenters. The summed E-state index contributed by atoms with van der Waals surface area (Å²) < 4.78 is 31.2. The van der Waals surface area contributed by atoms with Gasteiger partial charge < -0.3 is 44.1 Å². The summed E-state index contributed by atoms with van der Waals surface area (Å²) in [7, 11) is 3.09. The lowest BCUT2D eigenvalue weighted by Gasteiger charge is -2.47. The number of para-hydroxylation sites is 1. The lowest BCUT2D eigenvalue weighted by molar-refractivity contribution is -0.302. The molecule has 4 aliphatic rings. The maximum absolute atomic E-state index is 14.6. The molecule has 3 heterocycles. The summed E-state index contributed by atoms with van der Waals surface area (Å²) >= 11 is 0. The maximum atomic E-state index is 14.6. The number of allylic oxidation sites excluding steroid dienone is 3. The van der Waals surface area contributed by atoms with E-state index in [0.717, 1.165) is 24.2 Å². The van der Waals surface area contributed by atoms with Gasteiger partial charge in [-0.1, -0.05) is 94.0 Å². The minimum Gasteiger partial charge on any atom is -0.489 e. The standard InChI is InChI=1S/C55H78N2O11/c1-9-41-27-34(2)26-35(3)28-48(64-7)51-49(65-8)30-37(5)55(63,68-51)52(60)53(61)57-25-17-16-22-44(57)54(62)67-50(38(6)45(58)32-46(41)59)36(4)29-40-23-24-43(56-33-39-18-12-10-13-19-39)47(31-40)66-42-20-14-11-15-21-42/h10-15,18-21,27,29,35,37-38,40-41,43-45,47-51,56,58,63H,9,16-17,22-26,28,30-33H2,1-8H3. The third kappa shape index (κ3) is 13.1. The van der Waals surface area contributed by atoms with Crippen LogP contribution in [0.15, 0.2) is 84.0 Å². The number of cyclic esters (lactones) is 1. The molecule has 2 aromatic carbocycles. The number of carbonyl (C=O) groups excluding carboxylic acids is 4. The van der Waals surface area contributed by atoms with Crippen molar-refractivity contribution in [2.45, 2.75) is 173 Å². The number of Topliss-reactive ketones (excluding diaryl/α,β-unsaturated/α-hetero) is 2. The van der Waals surface area contributed by atoms with Gasteiger partial charge in [-0.15, -0.1) is 0 Å². The van der Waals surface area contributed by atoms with E-state index in [-0.39, 0.29) is 55.6 Å². The fourth-order valence-electron chi connectivity index (χ4n) is 11.0.